The summed E-state index contributed by atoms with van der Waals surface area (Å²) in [6, 6.07) is 5.83. The quantitative estimate of drug-likeness (QED) is 0.857. The first-order chi connectivity index (χ1) is 9.72. The summed E-state index contributed by atoms with van der Waals surface area (Å²) in [4.78, 5) is 16.4. The van der Waals surface area contributed by atoms with Gasteiger partial charge < -0.3 is 9.84 Å². The van der Waals surface area contributed by atoms with Crippen LogP contribution in [0, 0.1) is 6.92 Å². The third kappa shape index (κ3) is 3.19. The van der Waals surface area contributed by atoms with E-state index in [0.29, 0.717) is 17.4 Å². The Morgan fingerprint density at radius 2 is 2.40 bits per heavy atom. The fourth-order valence-electron chi connectivity index (χ4n) is 1.80. The minimum atomic E-state index is -0.0422. The molecule has 0 radical (unpaired) electrons. The molecule has 2 aromatic rings. The zero-order chi connectivity index (χ0) is 13.9. The van der Waals surface area contributed by atoms with Gasteiger partial charge in [-0.2, -0.15) is 0 Å². The van der Waals surface area contributed by atoms with Crippen molar-refractivity contribution in [3.63, 3.8) is 0 Å². The van der Waals surface area contributed by atoms with Gasteiger partial charge in [-0.05, 0) is 31.9 Å². The minimum absolute atomic E-state index is 0.0422. The summed E-state index contributed by atoms with van der Waals surface area (Å²) in [5, 5.41) is 7.65. The largest absolute Gasteiger partial charge is 0.361 e. The molecule has 1 fully saturated rings. The summed E-state index contributed by atoms with van der Waals surface area (Å²) in [6.07, 6.45) is 3.85. The number of thioether (sulfide) groups is 1. The topological polar surface area (TPSA) is 68.0 Å². The van der Waals surface area contributed by atoms with Crippen LogP contribution in [0.5, 0.6) is 0 Å². The Balaban J connectivity index is 1.70. The molecular weight excluding hydrogens is 274 g/mol. The maximum atomic E-state index is 12.1. The normalized spacial score (nSPS) is 14.2. The van der Waals surface area contributed by atoms with Crippen molar-refractivity contribution in [3.8, 4) is 0 Å². The molecule has 2 heterocycles. The molecule has 0 spiro atoms. The van der Waals surface area contributed by atoms with Gasteiger partial charge in [0.1, 0.15) is 10.8 Å². The molecule has 0 saturated heterocycles. The third-order valence-electron chi connectivity index (χ3n) is 2.96. The van der Waals surface area contributed by atoms with Crippen molar-refractivity contribution in [2.24, 2.45) is 0 Å². The van der Waals surface area contributed by atoms with Crippen LogP contribution < -0.4 is 5.32 Å². The number of nitrogens with one attached hydrogen (secondary N) is 1. The monoisotopic (exact) mass is 289 g/mol. The number of aryl methyl sites for hydroxylation is 1. The number of aromatic nitrogens is 2. The molecule has 1 aliphatic carbocycles. The molecule has 1 saturated carbocycles. The zero-order valence-electron chi connectivity index (χ0n) is 11.1. The average Bonchev–Trinajstić information content (AvgIpc) is 3.17. The van der Waals surface area contributed by atoms with Gasteiger partial charge in [0.05, 0.1) is 11.3 Å². The van der Waals surface area contributed by atoms with Crippen molar-refractivity contribution in [2.75, 3.05) is 0 Å². The second-order valence-electron chi connectivity index (χ2n) is 4.82. The number of amides is 1. The van der Waals surface area contributed by atoms with Crippen LogP contribution in [0.15, 0.2) is 33.9 Å². The molecule has 1 aliphatic rings. The van der Waals surface area contributed by atoms with Gasteiger partial charge in [0, 0.05) is 24.1 Å². The fourth-order valence-corrected chi connectivity index (χ4v) is 2.67. The van der Waals surface area contributed by atoms with Crippen LogP contribution in [0.4, 0.5) is 0 Å². The first-order valence-electron chi connectivity index (χ1n) is 6.53. The van der Waals surface area contributed by atoms with Crippen molar-refractivity contribution < 1.29 is 9.32 Å². The van der Waals surface area contributed by atoms with E-state index in [1.54, 1.807) is 18.3 Å². The second kappa shape index (κ2) is 5.66. The van der Waals surface area contributed by atoms with Gasteiger partial charge in [0.25, 0.3) is 5.91 Å². The van der Waals surface area contributed by atoms with Crippen LogP contribution in [-0.2, 0) is 5.75 Å². The molecule has 2 aromatic heterocycles. The van der Waals surface area contributed by atoms with Crippen molar-refractivity contribution in [2.45, 2.75) is 36.6 Å². The highest BCUT2D eigenvalue weighted by Gasteiger charge is 2.25. The molecule has 1 N–H and O–H groups in total. The lowest BCUT2D eigenvalue weighted by molar-refractivity contribution is 0.0947. The minimum Gasteiger partial charge on any atom is -0.361 e. The Kier molecular flexibility index (Phi) is 3.73. The maximum Gasteiger partial charge on any atom is 0.254 e. The number of carbonyl (C=O) groups is 1. The second-order valence-corrected chi connectivity index (χ2v) is 5.79. The van der Waals surface area contributed by atoms with E-state index in [1.165, 1.54) is 11.8 Å². The van der Waals surface area contributed by atoms with Gasteiger partial charge in [-0.1, -0.05) is 16.9 Å². The van der Waals surface area contributed by atoms with Crippen LogP contribution in [0.1, 0.15) is 34.7 Å². The van der Waals surface area contributed by atoms with Gasteiger partial charge in [0.2, 0.25) is 0 Å². The molecule has 6 heteroatoms. The highest BCUT2D eigenvalue weighted by atomic mass is 32.2. The van der Waals surface area contributed by atoms with Crippen molar-refractivity contribution >= 4 is 17.7 Å². The first kappa shape index (κ1) is 13.2. The van der Waals surface area contributed by atoms with Crippen molar-refractivity contribution in [1.82, 2.24) is 15.5 Å². The predicted molar refractivity (Wildman–Crippen MR) is 75.5 cm³/mol. The highest BCUT2D eigenvalue weighted by molar-refractivity contribution is 7.98. The summed E-state index contributed by atoms with van der Waals surface area (Å²) in [6.45, 7) is 1.86. The standard InChI is InChI=1S/C14H15N3O2S/c1-9-7-11(17-19-9)8-20-14-12(3-2-6-15-14)13(18)16-10-4-5-10/h2-3,6-7,10H,4-5,8H2,1H3,(H,16,18). The molecule has 1 amide bonds. The van der Waals surface area contributed by atoms with Crippen molar-refractivity contribution in [1.29, 1.82) is 0 Å². The Hall–Kier alpha value is -1.82. The van der Waals surface area contributed by atoms with E-state index >= 15 is 0 Å². The van der Waals surface area contributed by atoms with E-state index in [9.17, 15) is 4.79 Å². The molecular formula is C14H15N3O2S. The Morgan fingerprint density at radius 1 is 1.55 bits per heavy atom. The number of pyridine rings is 1. The number of hydrogen-bond acceptors (Lipinski definition) is 5. The van der Waals surface area contributed by atoms with Crippen LogP contribution in [-0.4, -0.2) is 22.1 Å². The number of hydrogen-bond donors (Lipinski definition) is 1. The summed E-state index contributed by atoms with van der Waals surface area (Å²) >= 11 is 1.49. The molecule has 0 bridgehead atoms. The average molecular weight is 289 g/mol. The maximum absolute atomic E-state index is 12.1. The van der Waals surface area contributed by atoms with Crippen LogP contribution in [0.2, 0.25) is 0 Å². The van der Waals surface area contributed by atoms with Gasteiger partial charge in [-0.15, -0.1) is 0 Å². The lowest BCUT2D eigenvalue weighted by atomic mass is 10.2. The van der Waals surface area contributed by atoms with E-state index in [2.05, 4.69) is 15.5 Å². The highest BCUT2D eigenvalue weighted by Crippen LogP contribution is 2.25. The van der Waals surface area contributed by atoms with Gasteiger partial charge in [0.15, 0.2) is 0 Å². The third-order valence-corrected chi connectivity index (χ3v) is 4.00. The summed E-state index contributed by atoms with van der Waals surface area (Å²) in [5.41, 5.74) is 1.48. The SMILES string of the molecule is Cc1cc(CSc2ncccc2C(=O)NC2CC2)no1. The number of carbonyl (C=O) groups excluding carboxylic acids is 1. The van der Waals surface area contributed by atoms with E-state index in [0.717, 1.165) is 29.3 Å². The summed E-state index contributed by atoms with van der Waals surface area (Å²) in [7, 11) is 0. The van der Waals surface area contributed by atoms with E-state index < -0.39 is 0 Å². The smallest absolute Gasteiger partial charge is 0.254 e. The van der Waals surface area contributed by atoms with Crippen LogP contribution in [0.25, 0.3) is 0 Å². The fraction of sp³-hybridized carbons (Fsp3) is 0.357. The first-order valence-corrected chi connectivity index (χ1v) is 7.52. The Labute approximate surface area is 121 Å². The number of nitrogens with zero attached hydrogens (tertiary/aromatic N) is 2. The van der Waals surface area contributed by atoms with E-state index in [-0.39, 0.29) is 5.91 Å². The molecule has 5 nitrogen and oxygen atoms in total. The zero-order valence-corrected chi connectivity index (χ0v) is 11.9. The van der Waals surface area contributed by atoms with Gasteiger partial charge >= 0.3 is 0 Å². The lowest BCUT2D eigenvalue weighted by Gasteiger charge is -2.07. The molecule has 20 heavy (non-hydrogen) atoms. The van der Waals surface area contributed by atoms with E-state index in [1.807, 2.05) is 13.0 Å². The molecule has 0 atom stereocenters. The molecule has 0 aromatic carbocycles. The van der Waals surface area contributed by atoms with Gasteiger partial charge in [-0.3, -0.25) is 4.79 Å². The summed E-state index contributed by atoms with van der Waals surface area (Å²) in [5.74, 6) is 1.38. The Bertz CT molecular complexity index is 622. The van der Waals surface area contributed by atoms with Gasteiger partial charge in [-0.25, -0.2) is 4.98 Å². The van der Waals surface area contributed by atoms with Crippen LogP contribution >= 0.6 is 11.8 Å². The molecule has 0 unspecified atom stereocenters. The molecule has 3 rings (SSSR count). The Morgan fingerprint density at radius 3 is 3.10 bits per heavy atom. The molecule has 104 valence electrons. The van der Waals surface area contributed by atoms with E-state index in [4.69, 9.17) is 4.52 Å². The van der Waals surface area contributed by atoms with Crippen molar-refractivity contribution in [3.05, 3.63) is 41.4 Å². The molecule has 0 aliphatic heterocycles. The van der Waals surface area contributed by atoms with Crippen LogP contribution in [0.3, 0.4) is 0 Å². The summed E-state index contributed by atoms with van der Waals surface area (Å²) < 4.78 is 5.03. The lowest BCUT2D eigenvalue weighted by Crippen LogP contribution is -2.26. The number of rotatable bonds is 5. The predicted octanol–water partition coefficient (Wildman–Crippen LogP) is 2.56.